The quantitative estimate of drug-likeness (QED) is 0.660. The van der Waals surface area contributed by atoms with Crippen LogP contribution in [0.2, 0.25) is 0 Å². The van der Waals surface area contributed by atoms with Crippen LogP contribution in [-0.4, -0.2) is 17.7 Å². The fourth-order valence-corrected chi connectivity index (χ4v) is 2.80. The van der Waals surface area contributed by atoms with Gasteiger partial charge in [-0.15, -0.1) is 0 Å². The summed E-state index contributed by atoms with van der Waals surface area (Å²) in [6.45, 7) is 0. The maximum absolute atomic E-state index is 12.6. The van der Waals surface area contributed by atoms with Crippen molar-refractivity contribution in [2.75, 3.05) is 4.90 Å². The summed E-state index contributed by atoms with van der Waals surface area (Å²) < 4.78 is 0.819. The second-order valence-electron chi connectivity index (χ2n) is 4.88. The molecule has 0 saturated carbocycles. The average molecular weight is 359 g/mol. The van der Waals surface area contributed by atoms with Crippen LogP contribution >= 0.6 is 15.9 Å². The van der Waals surface area contributed by atoms with Gasteiger partial charge in [0.1, 0.15) is 5.92 Å². The average Bonchev–Trinajstić information content (AvgIpc) is 2.49. The lowest BCUT2D eigenvalue weighted by Gasteiger charge is -2.31. The van der Waals surface area contributed by atoms with Crippen molar-refractivity contribution in [3.05, 3.63) is 64.1 Å². The SMILES string of the molecule is NC(=O)C1C(=O)N(c2ccc(Br)cc2)C(=O)c2ccccc21. The maximum Gasteiger partial charge on any atom is 0.265 e. The van der Waals surface area contributed by atoms with Crippen LogP contribution in [0, 0.1) is 0 Å². The molecule has 0 aromatic heterocycles. The minimum absolute atomic E-state index is 0.314. The van der Waals surface area contributed by atoms with E-state index in [-0.39, 0.29) is 0 Å². The normalized spacial score (nSPS) is 17.3. The monoisotopic (exact) mass is 358 g/mol. The number of rotatable bonds is 2. The van der Waals surface area contributed by atoms with Crippen molar-refractivity contribution in [2.45, 2.75) is 5.92 Å². The van der Waals surface area contributed by atoms with Crippen molar-refractivity contribution in [3.63, 3.8) is 0 Å². The minimum atomic E-state index is -1.16. The molecule has 0 radical (unpaired) electrons. The Bertz CT molecular complexity index is 786. The van der Waals surface area contributed by atoms with Gasteiger partial charge in [-0.05, 0) is 35.9 Å². The summed E-state index contributed by atoms with van der Waals surface area (Å²) in [7, 11) is 0. The van der Waals surface area contributed by atoms with Crippen LogP contribution in [0.25, 0.3) is 0 Å². The standard InChI is InChI=1S/C16H11BrN2O3/c17-9-5-7-10(8-6-9)19-15(21)12-4-2-1-3-11(12)13(14(18)20)16(19)22/h1-8,13H,(H2,18,20). The molecular weight excluding hydrogens is 348 g/mol. The van der Waals surface area contributed by atoms with E-state index in [1.165, 1.54) is 0 Å². The molecule has 1 unspecified atom stereocenters. The summed E-state index contributed by atoms with van der Waals surface area (Å²) >= 11 is 3.30. The number of anilines is 1. The van der Waals surface area contributed by atoms with E-state index in [0.29, 0.717) is 16.8 Å². The fraction of sp³-hybridized carbons (Fsp3) is 0.0625. The highest BCUT2D eigenvalue weighted by atomic mass is 79.9. The molecule has 1 heterocycles. The highest BCUT2D eigenvalue weighted by Crippen LogP contribution is 2.32. The predicted molar refractivity (Wildman–Crippen MR) is 84.3 cm³/mol. The number of imide groups is 1. The van der Waals surface area contributed by atoms with E-state index in [2.05, 4.69) is 15.9 Å². The molecule has 0 spiro atoms. The molecule has 2 N–H and O–H groups in total. The van der Waals surface area contributed by atoms with E-state index in [1.807, 2.05) is 0 Å². The van der Waals surface area contributed by atoms with Crippen molar-refractivity contribution in [1.29, 1.82) is 0 Å². The predicted octanol–water partition coefficient (Wildman–Crippen LogP) is 2.21. The van der Waals surface area contributed by atoms with E-state index >= 15 is 0 Å². The molecule has 3 rings (SSSR count). The summed E-state index contributed by atoms with van der Waals surface area (Å²) in [6.07, 6.45) is 0. The fourth-order valence-electron chi connectivity index (χ4n) is 2.54. The molecule has 22 heavy (non-hydrogen) atoms. The molecule has 0 bridgehead atoms. The van der Waals surface area contributed by atoms with Crippen molar-refractivity contribution < 1.29 is 14.4 Å². The third-order valence-corrected chi connectivity index (χ3v) is 4.07. The molecule has 1 atom stereocenters. The van der Waals surface area contributed by atoms with Crippen LogP contribution < -0.4 is 10.6 Å². The van der Waals surface area contributed by atoms with Gasteiger partial charge in [-0.2, -0.15) is 0 Å². The lowest BCUT2D eigenvalue weighted by molar-refractivity contribution is -0.128. The summed E-state index contributed by atoms with van der Waals surface area (Å²) in [6, 6.07) is 13.2. The molecule has 6 heteroatoms. The van der Waals surface area contributed by atoms with Crippen LogP contribution in [0.3, 0.4) is 0 Å². The smallest absolute Gasteiger partial charge is 0.265 e. The Morgan fingerprint density at radius 3 is 2.32 bits per heavy atom. The highest BCUT2D eigenvalue weighted by Gasteiger charge is 2.42. The van der Waals surface area contributed by atoms with Crippen molar-refractivity contribution in [2.24, 2.45) is 5.73 Å². The molecule has 2 aromatic rings. The third-order valence-electron chi connectivity index (χ3n) is 3.54. The van der Waals surface area contributed by atoms with Gasteiger partial charge in [0, 0.05) is 10.0 Å². The Labute approximate surface area is 134 Å². The van der Waals surface area contributed by atoms with Crippen molar-refractivity contribution in [3.8, 4) is 0 Å². The van der Waals surface area contributed by atoms with Gasteiger partial charge in [0.2, 0.25) is 5.91 Å². The summed E-state index contributed by atoms with van der Waals surface area (Å²) in [5.41, 5.74) is 6.45. The number of carbonyl (C=O) groups is 3. The van der Waals surface area contributed by atoms with Crippen molar-refractivity contribution in [1.82, 2.24) is 0 Å². The zero-order valence-corrected chi connectivity index (χ0v) is 12.9. The molecule has 0 saturated heterocycles. The number of hydrogen-bond acceptors (Lipinski definition) is 3. The Morgan fingerprint density at radius 2 is 1.68 bits per heavy atom. The van der Waals surface area contributed by atoms with Gasteiger partial charge in [0.15, 0.2) is 0 Å². The number of hydrogen-bond donors (Lipinski definition) is 1. The number of fused-ring (bicyclic) bond motifs is 1. The topological polar surface area (TPSA) is 80.5 Å². The number of primary amides is 1. The Kier molecular flexibility index (Phi) is 3.54. The molecule has 0 fully saturated rings. The lowest BCUT2D eigenvalue weighted by Crippen LogP contribution is -2.48. The molecular formula is C16H11BrN2O3. The molecule has 0 aliphatic carbocycles. The van der Waals surface area contributed by atoms with Gasteiger partial charge in [-0.25, -0.2) is 4.90 Å². The first kappa shape index (κ1) is 14.5. The van der Waals surface area contributed by atoms with Crippen LogP contribution in [0.15, 0.2) is 53.0 Å². The van der Waals surface area contributed by atoms with Crippen LogP contribution in [0.4, 0.5) is 5.69 Å². The van der Waals surface area contributed by atoms with E-state index in [1.54, 1.807) is 48.5 Å². The van der Waals surface area contributed by atoms with E-state index in [4.69, 9.17) is 5.73 Å². The van der Waals surface area contributed by atoms with Gasteiger partial charge in [-0.3, -0.25) is 14.4 Å². The van der Waals surface area contributed by atoms with Gasteiger partial charge in [0.05, 0.1) is 5.69 Å². The van der Waals surface area contributed by atoms with Crippen molar-refractivity contribution >= 4 is 39.3 Å². The number of nitrogens with two attached hydrogens (primary N) is 1. The summed E-state index contributed by atoms with van der Waals surface area (Å²) in [5.74, 6) is -3.01. The first-order valence-electron chi connectivity index (χ1n) is 6.53. The molecule has 2 aromatic carbocycles. The second-order valence-corrected chi connectivity index (χ2v) is 5.79. The van der Waals surface area contributed by atoms with Gasteiger partial charge in [0.25, 0.3) is 11.8 Å². The lowest BCUT2D eigenvalue weighted by atomic mass is 9.87. The number of amides is 3. The van der Waals surface area contributed by atoms with Gasteiger partial charge in [-0.1, -0.05) is 34.1 Å². The van der Waals surface area contributed by atoms with Crippen LogP contribution in [0.5, 0.6) is 0 Å². The highest BCUT2D eigenvalue weighted by molar-refractivity contribution is 9.10. The number of halogens is 1. The number of benzene rings is 2. The third kappa shape index (κ3) is 2.21. The Hall–Kier alpha value is -2.47. The number of nitrogens with zero attached hydrogens (tertiary/aromatic N) is 1. The summed E-state index contributed by atoms with van der Waals surface area (Å²) in [5, 5.41) is 0. The van der Waals surface area contributed by atoms with Crippen LogP contribution in [0.1, 0.15) is 21.8 Å². The van der Waals surface area contributed by atoms with E-state index in [9.17, 15) is 14.4 Å². The zero-order chi connectivity index (χ0) is 15.9. The molecule has 3 amide bonds. The largest absolute Gasteiger partial charge is 0.369 e. The maximum atomic E-state index is 12.6. The van der Waals surface area contributed by atoms with E-state index < -0.39 is 23.6 Å². The Morgan fingerprint density at radius 1 is 1.05 bits per heavy atom. The van der Waals surface area contributed by atoms with Crippen LogP contribution in [-0.2, 0) is 9.59 Å². The minimum Gasteiger partial charge on any atom is -0.369 e. The van der Waals surface area contributed by atoms with Gasteiger partial charge >= 0.3 is 0 Å². The van der Waals surface area contributed by atoms with E-state index in [0.717, 1.165) is 9.37 Å². The molecule has 1 aliphatic heterocycles. The first-order valence-corrected chi connectivity index (χ1v) is 7.32. The molecule has 1 aliphatic rings. The molecule has 110 valence electrons. The zero-order valence-electron chi connectivity index (χ0n) is 11.3. The van der Waals surface area contributed by atoms with Gasteiger partial charge < -0.3 is 5.73 Å². The number of carbonyl (C=O) groups excluding carboxylic acids is 3. The summed E-state index contributed by atoms with van der Waals surface area (Å²) in [4.78, 5) is 38.0. The second kappa shape index (κ2) is 5.38. The Balaban J connectivity index is 2.17. The molecule has 5 nitrogen and oxygen atoms in total. The first-order chi connectivity index (χ1) is 10.5.